The maximum Gasteiger partial charge on any atom is 0.323 e. The molecule has 1 atom stereocenters. The van der Waals surface area contributed by atoms with Crippen molar-refractivity contribution in [3.05, 3.63) is 12.7 Å². The summed E-state index contributed by atoms with van der Waals surface area (Å²) in [5.41, 5.74) is -0.463. The lowest BCUT2D eigenvalue weighted by molar-refractivity contribution is -0.145. The van der Waals surface area contributed by atoms with Crippen LogP contribution in [0.4, 0.5) is 0 Å². The zero-order valence-corrected chi connectivity index (χ0v) is 10.4. The first-order valence-corrected chi connectivity index (χ1v) is 6.01. The molecule has 1 fully saturated rings. The molecule has 0 amide bonds. The molecule has 0 spiro atoms. The molecule has 3 heteroatoms. The minimum Gasteiger partial charge on any atom is -0.480 e. The number of carbonyl (C=O) groups is 1. The highest BCUT2D eigenvalue weighted by atomic mass is 16.4. The van der Waals surface area contributed by atoms with E-state index in [0.717, 1.165) is 25.7 Å². The van der Waals surface area contributed by atoms with Crippen LogP contribution < -0.4 is 5.32 Å². The molecule has 0 bridgehead atoms. The molecule has 3 nitrogen and oxygen atoms in total. The van der Waals surface area contributed by atoms with E-state index in [0.29, 0.717) is 13.0 Å². The molecule has 1 unspecified atom stereocenters. The van der Waals surface area contributed by atoms with Crippen LogP contribution in [-0.4, -0.2) is 23.2 Å². The first-order valence-electron chi connectivity index (χ1n) is 6.01. The predicted molar refractivity (Wildman–Crippen MR) is 65.4 cm³/mol. The molecule has 1 aliphatic rings. The first kappa shape index (κ1) is 13.2. The van der Waals surface area contributed by atoms with Crippen LogP contribution in [0.2, 0.25) is 0 Å². The number of aliphatic carboxylic acids is 1. The van der Waals surface area contributed by atoms with Gasteiger partial charge < -0.3 is 5.11 Å². The summed E-state index contributed by atoms with van der Waals surface area (Å²) in [5.74, 6) is -0.716. The Kier molecular flexibility index (Phi) is 4.14. The summed E-state index contributed by atoms with van der Waals surface area (Å²) in [7, 11) is 0. The molecule has 0 radical (unpaired) electrons. The van der Waals surface area contributed by atoms with Gasteiger partial charge >= 0.3 is 5.97 Å². The van der Waals surface area contributed by atoms with Crippen LogP contribution in [0.3, 0.4) is 0 Å². The topological polar surface area (TPSA) is 49.3 Å². The number of carboxylic acid groups (broad SMARTS) is 1. The monoisotopic (exact) mass is 225 g/mol. The van der Waals surface area contributed by atoms with Crippen LogP contribution in [-0.2, 0) is 4.79 Å². The summed E-state index contributed by atoms with van der Waals surface area (Å²) in [5, 5.41) is 12.6. The summed E-state index contributed by atoms with van der Waals surface area (Å²) >= 11 is 0. The average molecular weight is 225 g/mol. The first-order chi connectivity index (χ1) is 7.42. The minimum atomic E-state index is -0.734. The van der Waals surface area contributed by atoms with Crippen molar-refractivity contribution in [3.63, 3.8) is 0 Å². The Balaban J connectivity index is 2.77. The quantitative estimate of drug-likeness (QED) is 0.571. The van der Waals surface area contributed by atoms with E-state index in [-0.39, 0.29) is 5.41 Å². The Morgan fingerprint density at radius 2 is 2.06 bits per heavy atom. The zero-order chi connectivity index (χ0) is 12.2. The maximum absolute atomic E-state index is 11.4. The van der Waals surface area contributed by atoms with Crippen molar-refractivity contribution in [1.29, 1.82) is 0 Å². The van der Waals surface area contributed by atoms with Gasteiger partial charge in [-0.3, -0.25) is 10.1 Å². The van der Waals surface area contributed by atoms with Gasteiger partial charge in [-0.2, -0.15) is 0 Å². The van der Waals surface area contributed by atoms with Crippen molar-refractivity contribution in [2.75, 3.05) is 6.54 Å². The van der Waals surface area contributed by atoms with Crippen LogP contribution in [0.15, 0.2) is 12.7 Å². The van der Waals surface area contributed by atoms with Crippen molar-refractivity contribution in [3.8, 4) is 0 Å². The summed E-state index contributed by atoms with van der Waals surface area (Å²) in [6.07, 6.45) is 6.20. The van der Waals surface area contributed by atoms with Crippen LogP contribution in [0, 0.1) is 5.41 Å². The molecule has 0 heterocycles. The van der Waals surface area contributed by atoms with E-state index < -0.39 is 11.5 Å². The van der Waals surface area contributed by atoms with Gasteiger partial charge in [0.2, 0.25) is 0 Å². The van der Waals surface area contributed by atoms with Crippen LogP contribution in [0.5, 0.6) is 0 Å². The van der Waals surface area contributed by atoms with Gasteiger partial charge in [-0.15, -0.1) is 6.58 Å². The van der Waals surface area contributed by atoms with Crippen molar-refractivity contribution >= 4 is 5.97 Å². The summed E-state index contributed by atoms with van der Waals surface area (Å²) in [6.45, 7) is 8.64. The SMILES string of the molecule is C=CCNC1(C(=O)O)CCCC(C)(C)CC1. The van der Waals surface area contributed by atoms with Crippen molar-refractivity contribution in [1.82, 2.24) is 5.32 Å². The van der Waals surface area contributed by atoms with Gasteiger partial charge in [0.1, 0.15) is 5.54 Å². The van der Waals surface area contributed by atoms with E-state index in [1.165, 1.54) is 0 Å². The van der Waals surface area contributed by atoms with Gasteiger partial charge in [0.15, 0.2) is 0 Å². The van der Waals surface area contributed by atoms with Crippen LogP contribution >= 0.6 is 0 Å². The van der Waals surface area contributed by atoms with Crippen LogP contribution in [0.1, 0.15) is 46.0 Å². The lowest BCUT2D eigenvalue weighted by Gasteiger charge is -2.29. The molecule has 0 aliphatic heterocycles. The molecule has 0 aromatic heterocycles. The standard InChI is InChI=1S/C13H23NO2/c1-4-10-14-13(11(15)16)7-5-6-12(2,3)8-9-13/h4,14H,1,5-10H2,2-3H3,(H,15,16). The van der Waals surface area contributed by atoms with Gasteiger partial charge in [0, 0.05) is 6.54 Å². The van der Waals surface area contributed by atoms with E-state index in [2.05, 4.69) is 25.7 Å². The number of hydrogen-bond donors (Lipinski definition) is 2. The molecule has 2 N–H and O–H groups in total. The van der Waals surface area contributed by atoms with Crippen molar-refractivity contribution in [2.45, 2.75) is 51.5 Å². The molecular formula is C13H23NO2. The van der Waals surface area contributed by atoms with E-state index in [1.54, 1.807) is 6.08 Å². The summed E-state index contributed by atoms with van der Waals surface area (Å²) in [6, 6.07) is 0. The molecule has 1 saturated carbocycles. The minimum absolute atomic E-state index is 0.271. The Bertz CT molecular complexity index is 273. The summed E-state index contributed by atoms with van der Waals surface area (Å²) < 4.78 is 0. The molecule has 92 valence electrons. The van der Waals surface area contributed by atoms with Gasteiger partial charge in [0.25, 0.3) is 0 Å². The number of rotatable bonds is 4. The highest BCUT2D eigenvalue weighted by Gasteiger charge is 2.40. The van der Waals surface area contributed by atoms with Gasteiger partial charge in [-0.25, -0.2) is 0 Å². The third-order valence-corrected chi connectivity index (χ3v) is 3.68. The fourth-order valence-electron chi connectivity index (χ4n) is 2.40. The molecular weight excluding hydrogens is 202 g/mol. The second kappa shape index (κ2) is 5.00. The van der Waals surface area contributed by atoms with E-state index >= 15 is 0 Å². The predicted octanol–water partition coefficient (Wildman–Crippen LogP) is 2.58. The zero-order valence-electron chi connectivity index (χ0n) is 10.4. The van der Waals surface area contributed by atoms with E-state index in [9.17, 15) is 9.90 Å². The normalized spacial score (nSPS) is 29.4. The Labute approximate surface area is 97.9 Å². The Morgan fingerprint density at radius 1 is 1.38 bits per heavy atom. The molecule has 0 aromatic carbocycles. The second-order valence-electron chi connectivity index (χ2n) is 5.57. The summed E-state index contributed by atoms with van der Waals surface area (Å²) in [4.78, 5) is 11.4. The molecule has 1 rings (SSSR count). The second-order valence-corrected chi connectivity index (χ2v) is 5.57. The molecule has 1 aliphatic carbocycles. The number of nitrogens with one attached hydrogen (secondary N) is 1. The fourth-order valence-corrected chi connectivity index (χ4v) is 2.40. The van der Waals surface area contributed by atoms with Gasteiger partial charge in [-0.1, -0.05) is 26.3 Å². The lowest BCUT2D eigenvalue weighted by Crippen LogP contribution is -2.51. The van der Waals surface area contributed by atoms with Gasteiger partial charge in [-0.05, 0) is 31.1 Å². The smallest absolute Gasteiger partial charge is 0.323 e. The number of carboxylic acids is 1. The van der Waals surface area contributed by atoms with E-state index in [1.807, 2.05) is 0 Å². The van der Waals surface area contributed by atoms with E-state index in [4.69, 9.17) is 0 Å². The third kappa shape index (κ3) is 3.08. The van der Waals surface area contributed by atoms with Crippen molar-refractivity contribution < 1.29 is 9.90 Å². The maximum atomic E-state index is 11.4. The highest BCUT2D eigenvalue weighted by molar-refractivity contribution is 5.78. The molecule has 0 saturated heterocycles. The third-order valence-electron chi connectivity index (χ3n) is 3.68. The van der Waals surface area contributed by atoms with Gasteiger partial charge in [0.05, 0.1) is 0 Å². The Morgan fingerprint density at radius 3 is 2.62 bits per heavy atom. The average Bonchev–Trinajstić information content (AvgIpc) is 2.35. The Hall–Kier alpha value is -0.830. The highest BCUT2D eigenvalue weighted by Crippen LogP contribution is 2.38. The van der Waals surface area contributed by atoms with Crippen molar-refractivity contribution in [2.24, 2.45) is 5.41 Å². The largest absolute Gasteiger partial charge is 0.480 e. The molecule has 16 heavy (non-hydrogen) atoms. The number of hydrogen-bond acceptors (Lipinski definition) is 2. The fraction of sp³-hybridized carbons (Fsp3) is 0.769. The van der Waals surface area contributed by atoms with Crippen LogP contribution in [0.25, 0.3) is 0 Å². The molecule has 0 aromatic rings. The lowest BCUT2D eigenvalue weighted by atomic mass is 9.83.